The van der Waals surface area contributed by atoms with Crippen LogP contribution in [0.2, 0.25) is 0 Å². The molecular weight excluding hydrogens is 338 g/mol. The third-order valence-electron chi connectivity index (χ3n) is 2.60. The number of nitro benzene ring substituents is 1. The molecule has 0 atom stereocenters. The van der Waals surface area contributed by atoms with Gasteiger partial charge in [0.15, 0.2) is 0 Å². The van der Waals surface area contributed by atoms with E-state index in [2.05, 4.69) is 20.4 Å². The number of nitro groups is 1. The quantitative estimate of drug-likeness (QED) is 0.248. The summed E-state index contributed by atoms with van der Waals surface area (Å²) in [6.07, 6.45) is 0. The van der Waals surface area contributed by atoms with Gasteiger partial charge < -0.3 is 22.9 Å². The van der Waals surface area contributed by atoms with Crippen molar-refractivity contribution in [3.63, 3.8) is 0 Å². The van der Waals surface area contributed by atoms with Gasteiger partial charge in [-0.2, -0.15) is 10.2 Å². The normalized spacial score (nSPS) is 11.2. The molecule has 0 spiro atoms. The molecule has 0 amide bonds. The topological polar surface area (TPSA) is 197 Å². The second-order valence-electron chi connectivity index (χ2n) is 4.45. The number of hydrogen-bond acceptors (Lipinski definition) is 6. The van der Waals surface area contributed by atoms with Crippen LogP contribution in [0.25, 0.3) is 0 Å². The van der Waals surface area contributed by atoms with Crippen molar-refractivity contribution in [2.75, 3.05) is 0 Å². The minimum Gasteiger partial charge on any atom is -0.369 e. The number of guanidine groups is 2. The van der Waals surface area contributed by atoms with E-state index >= 15 is 0 Å². The van der Waals surface area contributed by atoms with E-state index in [1.54, 1.807) is 19.9 Å². The molecule has 0 bridgehead atoms. The lowest BCUT2D eigenvalue weighted by Crippen LogP contribution is -2.22. The Bertz CT molecular complexity index is 680. The number of nitrogens with two attached hydrogens (primary N) is 4. The highest BCUT2D eigenvalue weighted by Gasteiger charge is 2.13. The molecule has 1 aromatic rings. The highest BCUT2D eigenvalue weighted by atomic mass is 35.5. The number of halogens is 1. The molecule has 11 nitrogen and oxygen atoms in total. The summed E-state index contributed by atoms with van der Waals surface area (Å²) in [6, 6.07) is 4.33. The van der Waals surface area contributed by atoms with Gasteiger partial charge in [0.25, 0.3) is 5.69 Å². The van der Waals surface area contributed by atoms with Gasteiger partial charge in [0.05, 0.1) is 16.3 Å². The van der Waals surface area contributed by atoms with Crippen LogP contribution in [0.4, 0.5) is 5.69 Å². The van der Waals surface area contributed by atoms with Gasteiger partial charge in [-0.1, -0.05) is 0 Å². The zero-order chi connectivity index (χ0) is 17.6. The maximum Gasteiger partial charge on any atom is 0.270 e. The van der Waals surface area contributed by atoms with Crippen LogP contribution in [0.5, 0.6) is 0 Å². The first kappa shape index (κ1) is 20.8. The first-order valence-electron chi connectivity index (χ1n) is 6.27. The minimum atomic E-state index is -0.533. The summed E-state index contributed by atoms with van der Waals surface area (Å²) in [5, 5.41) is 25.7. The van der Waals surface area contributed by atoms with Crippen molar-refractivity contribution in [2.45, 2.75) is 13.8 Å². The van der Waals surface area contributed by atoms with E-state index < -0.39 is 4.92 Å². The van der Waals surface area contributed by atoms with Crippen molar-refractivity contribution in [1.29, 1.82) is 0 Å². The van der Waals surface area contributed by atoms with Gasteiger partial charge in [-0.25, -0.2) is 0 Å². The lowest BCUT2D eigenvalue weighted by Gasteiger charge is -2.04. The minimum absolute atomic E-state index is 0. The fraction of sp³-hybridized carbons (Fsp3) is 0.167. The Morgan fingerprint density at radius 3 is 1.54 bits per heavy atom. The summed E-state index contributed by atoms with van der Waals surface area (Å²) in [7, 11) is 0. The van der Waals surface area contributed by atoms with Crippen molar-refractivity contribution < 1.29 is 4.92 Å². The Hall–Kier alpha value is -3.21. The summed E-state index contributed by atoms with van der Waals surface area (Å²) in [5.41, 5.74) is 22.3. The molecule has 0 aliphatic heterocycles. The van der Waals surface area contributed by atoms with Crippen LogP contribution < -0.4 is 22.9 Å². The molecular formula is C12H18ClN9O2. The average Bonchev–Trinajstić information content (AvgIpc) is 2.49. The smallest absolute Gasteiger partial charge is 0.270 e. The fourth-order valence-corrected chi connectivity index (χ4v) is 1.52. The van der Waals surface area contributed by atoms with Crippen LogP contribution in [0.3, 0.4) is 0 Å². The van der Waals surface area contributed by atoms with Gasteiger partial charge in [-0.05, 0) is 19.9 Å². The molecule has 1 rings (SSSR count). The monoisotopic (exact) mass is 355 g/mol. The van der Waals surface area contributed by atoms with Gasteiger partial charge in [0, 0.05) is 23.3 Å². The van der Waals surface area contributed by atoms with Crippen LogP contribution in [0.15, 0.2) is 38.6 Å². The maximum atomic E-state index is 11.1. The van der Waals surface area contributed by atoms with Gasteiger partial charge in [0.2, 0.25) is 11.9 Å². The Balaban J connectivity index is 0.00000529. The predicted octanol–water partition coefficient (Wildman–Crippen LogP) is 0.0114. The van der Waals surface area contributed by atoms with E-state index in [4.69, 9.17) is 22.9 Å². The molecule has 1 aromatic carbocycles. The highest BCUT2D eigenvalue weighted by Crippen LogP contribution is 2.19. The van der Waals surface area contributed by atoms with Gasteiger partial charge in [0.1, 0.15) is 0 Å². The van der Waals surface area contributed by atoms with Crippen molar-refractivity contribution in [3.8, 4) is 0 Å². The number of non-ortho nitro benzene ring substituents is 1. The highest BCUT2D eigenvalue weighted by molar-refractivity contribution is 6.05. The Morgan fingerprint density at radius 2 is 1.25 bits per heavy atom. The van der Waals surface area contributed by atoms with E-state index in [-0.39, 0.29) is 30.0 Å². The van der Waals surface area contributed by atoms with Crippen LogP contribution in [-0.2, 0) is 0 Å². The third kappa shape index (κ3) is 6.27. The predicted molar refractivity (Wildman–Crippen MR) is 96.4 cm³/mol. The molecule has 0 aromatic heterocycles. The Labute approximate surface area is 143 Å². The van der Waals surface area contributed by atoms with E-state index in [0.717, 1.165) is 0 Å². The van der Waals surface area contributed by atoms with Crippen molar-refractivity contribution in [2.24, 2.45) is 43.3 Å². The summed E-state index contributed by atoms with van der Waals surface area (Å²) in [6.45, 7) is 3.22. The summed E-state index contributed by atoms with van der Waals surface area (Å²) in [5.74, 6) is -0.444. The molecule has 0 heterocycles. The second kappa shape index (κ2) is 9.05. The summed E-state index contributed by atoms with van der Waals surface area (Å²) >= 11 is 0. The maximum absolute atomic E-state index is 11.1. The number of rotatable bonds is 5. The molecule has 130 valence electrons. The zero-order valence-electron chi connectivity index (χ0n) is 13.0. The first-order valence-corrected chi connectivity index (χ1v) is 6.27. The van der Waals surface area contributed by atoms with E-state index in [1.807, 2.05) is 0 Å². The average molecular weight is 356 g/mol. The summed E-state index contributed by atoms with van der Waals surface area (Å²) < 4.78 is 0. The molecule has 0 saturated carbocycles. The molecule has 0 radical (unpaired) electrons. The first-order chi connectivity index (χ1) is 10.7. The Morgan fingerprint density at radius 1 is 0.875 bits per heavy atom. The molecule has 0 unspecified atom stereocenters. The van der Waals surface area contributed by atoms with Crippen molar-refractivity contribution >= 4 is 41.4 Å². The Kier molecular flexibility index (Phi) is 7.84. The van der Waals surface area contributed by atoms with Crippen LogP contribution >= 0.6 is 12.4 Å². The largest absolute Gasteiger partial charge is 0.369 e. The zero-order valence-corrected chi connectivity index (χ0v) is 13.8. The molecule has 0 aliphatic rings. The van der Waals surface area contributed by atoms with Crippen molar-refractivity contribution in [1.82, 2.24) is 0 Å². The third-order valence-corrected chi connectivity index (χ3v) is 2.60. The van der Waals surface area contributed by atoms with Crippen molar-refractivity contribution in [3.05, 3.63) is 39.4 Å². The van der Waals surface area contributed by atoms with Crippen LogP contribution in [-0.4, -0.2) is 28.3 Å². The van der Waals surface area contributed by atoms with Crippen LogP contribution in [0, 0.1) is 10.1 Å². The van der Waals surface area contributed by atoms with Gasteiger partial charge >= 0.3 is 0 Å². The van der Waals surface area contributed by atoms with Gasteiger partial charge in [-0.3, -0.25) is 10.1 Å². The number of hydrogen-bond donors (Lipinski definition) is 4. The van der Waals surface area contributed by atoms with E-state index in [1.165, 1.54) is 12.1 Å². The molecule has 8 N–H and O–H groups in total. The van der Waals surface area contributed by atoms with E-state index in [0.29, 0.717) is 22.6 Å². The second-order valence-corrected chi connectivity index (χ2v) is 4.45. The molecule has 24 heavy (non-hydrogen) atoms. The number of benzene rings is 1. The van der Waals surface area contributed by atoms with Crippen LogP contribution in [0.1, 0.15) is 25.0 Å². The number of nitrogens with zero attached hydrogens (tertiary/aromatic N) is 5. The summed E-state index contributed by atoms with van der Waals surface area (Å²) in [4.78, 5) is 10.5. The molecule has 0 saturated heterocycles. The molecule has 0 fully saturated rings. The molecule has 0 aliphatic carbocycles. The van der Waals surface area contributed by atoms with E-state index in [9.17, 15) is 10.1 Å². The van der Waals surface area contributed by atoms with Gasteiger partial charge in [-0.15, -0.1) is 22.6 Å². The lowest BCUT2D eigenvalue weighted by molar-refractivity contribution is -0.384. The fourth-order valence-electron chi connectivity index (χ4n) is 1.52. The standard InChI is InChI=1S/C12H17N9O2.ClH/c1-6(17-19-11(13)14)8-3-9(5-10(4-8)21(22)23)7(2)18-20-12(15)16;/h3-5H,1-2H3,(H4,13,14,19)(H4,15,16,20);1H/b17-6+,18-7+;. The molecule has 12 heteroatoms. The SMILES string of the molecule is C/C(=N\N=C(N)N)c1cc(/C(C)=N/N=C(N)N)cc([N+](=O)[O-])c1.Cl. The lowest BCUT2D eigenvalue weighted by atomic mass is 10.0.